The van der Waals surface area contributed by atoms with Gasteiger partial charge in [-0.2, -0.15) is 0 Å². The Morgan fingerprint density at radius 3 is 2.55 bits per heavy atom. The van der Waals surface area contributed by atoms with Gasteiger partial charge in [0.2, 0.25) is 0 Å². The number of aliphatic carboxylic acids is 1. The van der Waals surface area contributed by atoms with Gasteiger partial charge in [-0.1, -0.05) is 19.9 Å². The predicted octanol–water partition coefficient (Wildman–Crippen LogP) is 1.92. The minimum Gasteiger partial charge on any atom is -0.481 e. The van der Waals surface area contributed by atoms with E-state index in [-0.39, 0.29) is 30.1 Å². The van der Waals surface area contributed by atoms with Gasteiger partial charge in [-0.15, -0.1) is 0 Å². The Morgan fingerprint density at radius 1 is 1.40 bits per heavy atom. The number of carboxylic acid groups (broad SMARTS) is 1. The molecule has 1 aromatic rings. The van der Waals surface area contributed by atoms with Gasteiger partial charge < -0.3 is 10.4 Å². The number of amides is 1. The number of hydrogen-bond acceptors (Lipinski definition) is 4. The van der Waals surface area contributed by atoms with E-state index >= 15 is 0 Å². The van der Waals surface area contributed by atoms with Crippen molar-refractivity contribution in [3.05, 3.63) is 39.4 Å². The average molecular weight is 280 g/mol. The number of nitro benzene ring substituents is 1. The smallest absolute Gasteiger partial charge is 0.305 e. The van der Waals surface area contributed by atoms with Crippen LogP contribution in [0.15, 0.2) is 18.2 Å². The van der Waals surface area contributed by atoms with Gasteiger partial charge in [0, 0.05) is 23.7 Å². The highest BCUT2D eigenvalue weighted by atomic mass is 16.6. The first-order valence-corrected chi connectivity index (χ1v) is 6.11. The minimum atomic E-state index is -1.02. The number of carbonyl (C=O) groups is 2. The van der Waals surface area contributed by atoms with Gasteiger partial charge in [0.25, 0.3) is 11.6 Å². The molecule has 0 spiro atoms. The molecule has 0 aromatic heterocycles. The van der Waals surface area contributed by atoms with Crippen LogP contribution in [0.3, 0.4) is 0 Å². The summed E-state index contributed by atoms with van der Waals surface area (Å²) in [5.41, 5.74) is 0.592. The van der Waals surface area contributed by atoms with Crippen molar-refractivity contribution in [2.75, 3.05) is 6.54 Å². The molecule has 0 aliphatic carbocycles. The van der Waals surface area contributed by atoms with E-state index < -0.39 is 16.8 Å². The molecule has 0 aliphatic heterocycles. The van der Waals surface area contributed by atoms with Gasteiger partial charge in [-0.25, -0.2) is 0 Å². The summed E-state index contributed by atoms with van der Waals surface area (Å²) in [5.74, 6) is -1.57. The molecule has 7 nitrogen and oxygen atoms in total. The summed E-state index contributed by atoms with van der Waals surface area (Å²) in [5, 5.41) is 21.9. The normalized spacial score (nSPS) is 10.3. The van der Waals surface area contributed by atoms with Gasteiger partial charge in [0.1, 0.15) is 0 Å². The third-order valence-corrected chi connectivity index (χ3v) is 2.74. The van der Waals surface area contributed by atoms with E-state index in [1.54, 1.807) is 6.07 Å². The van der Waals surface area contributed by atoms with Crippen molar-refractivity contribution in [1.82, 2.24) is 5.32 Å². The standard InChI is InChI=1S/C13H16N2O5/c1-8(2)10-4-3-9(7-11(10)15(19)20)13(18)14-6-5-12(16)17/h3-4,7-8H,5-6H2,1-2H3,(H,14,18)(H,16,17). The van der Waals surface area contributed by atoms with Crippen LogP contribution in [0.5, 0.6) is 0 Å². The SMILES string of the molecule is CC(C)c1ccc(C(=O)NCCC(=O)O)cc1[N+](=O)[O-]. The molecule has 0 bridgehead atoms. The van der Waals surface area contributed by atoms with Gasteiger partial charge in [0.15, 0.2) is 0 Å². The van der Waals surface area contributed by atoms with Gasteiger partial charge in [-0.3, -0.25) is 19.7 Å². The molecular weight excluding hydrogens is 264 g/mol. The van der Waals surface area contributed by atoms with Gasteiger partial charge in [0.05, 0.1) is 11.3 Å². The maximum absolute atomic E-state index is 11.8. The van der Waals surface area contributed by atoms with Crippen molar-refractivity contribution in [2.45, 2.75) is 26.2 Å². The summed E-state index contributed by atoms with van der Waals surface area (Å²) in [6.07, 6.45) is -0.197. The fourth-order valence-corrected chi connectivity index (χ4v) is 1.72. The summed E-state index contributed by atoms with van der Waals surface area (Å²) in [6.45, 7) is 3.64. The number of nitrogens with one attached hydrogen (secondary N) is 1. The summed E-state index contributed by atoms with van der Waals surface area (Å²) in [7, 11) is 0. The third kappa shape index (κ3) is 4.04. The number of nitrogens with zero attached hydrogens (tertiary/aromatic N) is 1. The van der Waals surface area contributed by atoms with Crippen LogP contribution >= 0.6 is 0 Å². The summed E-state index contributed by atoms with van der Waals surface area (Å²) in [6, 6.07) is 4.26. The number of carbonyl (C=O) groups excluding carboxylic acids is 1. The van der Waals surface area contributed by atoms with Crippen LogP contribution in [0.4, 0.5) is 5.69 Å². The lowest BCUT2D eigenvalue weighted by Crippen LogP contribution is -2.26. The molecule has 20 heavy (non-hydrogen) atoms. The first kappa shape index (κ1) is 15.6. The van der Waals surface area contributed by atoms with Gasteiger partial charge >= 0.3 is 5.97 Å². The summed E-state index contributed by atoms with van der Waals surface area (Å²) in [4.78, 5) is 32.6. The average Bonchev–Trinajstić information content (AvgIpc) is 2.37. The van der Waals surface area contributed by atoms with E-state index in [9.17, 15) is 19.7 Å². The van der Waals surface area contributed by atoms with Crippen LogP contribution < -0.4 is 5.32 Å². The number of benzene rings is 1. The molecule has 7 heteroatoms. The van der Waals surface area contributed by atoms with Crippen LogP contribution in [-0.2, 0) is 4.79 Å². The quantitative estimate of drug-likeness (QED) is 0.611. The molecule has 0 fully saturated rings. The second-order valence-corrected chi connectivity index (χ2v) is 4.59. The van der Waals surface area contributed by atoms with Gasteiger partial charge in [-0.05, 0) is 12.0 Å². The Morgan fingerprint density at radius 2 is 2.05 bits per heavy atom. The highest BCUT2D eigenvalue weighted by Crippen LogP contribution is 2.27. The monoisotopic (exact) mass is 280 g/mol. The van der Waals surface area contributed by atoms with E-state index in [0.717, 1.165) is 0 Å². The molecule has 0 unspecified atom stereocenters. The second-order valence-electron chi connectivity index (χ2n) is 4.59. The summed E-state index contributed by atoms with van der Waals surface area (Å²) >= 11 is 0. The van der Waals surface area contributed by atoms with Crippen molar-refractivity contribution in [1.29, 1.82) is 0 Å². The molecule has 2 N–H and O–H groups in total. The van der Waals surface area contributed by atoms with E-state index in [4.69, 9.17) is 5.11 Å². The van der Waals surface area contributed by atoms with Crippen LogP contribution in [0.1, 0.15) is 42.1 Å². The van der Waals surface area contributed by atoms with Crippen molar-refractivity contribution in [3.8, 4) is 0 Å². The lowest BCUT2D eigenvalue weighted by Gasteiger charge is -2.08. The zero-order valence-corrected chi connectivity index (χ0v) is 11.3. The molecule has 0 aliphatic rings. The molecular formula is C13H16N2O5. The number of rotatable bonds is 6. The van der Waals surface area contributed by atoms with Crippen molar-refractivity contribution in [3.63, 3.8) is 0 Å². The molecule has 1 amide bonds. The molecule has 1 rings (SSSR count). The lowest BCUT2D eigenvalue weighted by molar-refractivity contribution is -0.385. The van der Waals surface area contributed by atoms with E-state index in [1.165, 1.54) is 12.1 Å². The number of hydrogen-bond donors (Lipinski definition) is 2. The Kier molecular flexibility index (Phi) is 5.19. The second kappa shape index (κ2) is 6.65. The molecule has 0 atom stereocenters. The number of carboxylic acids is 1. The molecule has 0 saturated carbocycles. The van der Waals surface area contributed by atoms with Crippen molar-refractivity contribution in [2.24, 2.45) is 0 Å². The maximum Gasteiger partial charge on any atom is 0.305 e. The van der Waals surface area contributed by atoms with E-state index in [1.807, 2.05) is 13.8 Å². The fourth-order valence-electron chi connectivity index (χ4n) is 1.72. The minimum absolute atomic E-state index is 0.0199. The lowest BCUT2D eigenvalue weighted by atomic mass is 9.99. The van der Waals surface area contributed by atoms with Crippen LogP contribution in [0.25, 0.3) is 0 Å². The van der Waals surface area contributed by atoms with E-state index in [0.29, 0.717) is 5.56 Å². The molecule has 0 saturated heterocycles. The fraction of sp³-hybridized carbons (Fsp3) is 0.385. The predicted molar refractivity (Wildman–Crippen MR) is 71.8 cm³/mol. The van der Waals surface area contributed by atoms with Crippen molar-refractivity contribution < 1.29 is 19.6 Å². The Hall–Kier alpha value is -2.44. The topological polar surface area (TPSA) is 110 Å². The highest BCUT2D eigenvalue weighted by molar-refractivity contribution is 5.95. The molecule has 0 heterocycles. The number of nitro groups is 1. The first-order valence-electron chi connectivity index (χ1n) is 6.11. The molecule has 1 aromatic carbocycles. The first-order chi connectivity index (χ1) is 9.32. The zero-order chi connectivity index (χ0) is 15.3. The highest BCUT2D eigenvalue weighted by Gasteiger charge is 2.19. The maximum atomic E-state index is 11.8. The van der Waals surface area contributed by atoms with Crippen LogP contribution in [0.2, 0.25) is 0 Å². The van der Waals surface area contributed by atoms with Crippen molar-refractivity contribution >= 4 is 17.6 Å². The third-order valence-electron chi connectivity index (χ3n) is 2.74. The van der Waals surface area contributed by atoms with E-state index in [2.05, 4.69) is 5.32 Å². The Labute approximate surface area is 115 Å². The largest absolute Gasteiger partial charge is 0.481 e. The van der Waals surface area contributed by atoms with Crippen LogP contribution in [0, 0.1) is 10.1 Å². The molecule has 0 radical (unpaired) electrons. The van der Waals surface area contributed by atoms with Crippen LogP contribution in [-0.4, -0.2) is 28.5 Å². The Bertz CT molecular complexity index is 540. The molecule has 108 valence electrons. The Balaban J connectivity index is 2.91. The zero-order valence-electron chi connectivity index (χ0n) is 11.3. The summed E-state index contributed by atoms with van der Waals surface area (Å²) < 4.78 is 0.